The first-order valence-electron chi connectivity index (χ1n) is 8.77. The van der Waals surface area contributed by atoms with E-state index in [-0.39, 0.29) is 0 Å². The van der Waals surface area contributed by atoms with E-state index in [0.29, 0.717) is 0 Å². The molecule has 0 fully saturated rings. The van der Waals surface area contributed by atoms with E-state index < -0.39 is 0 Å². The van der Waals surface area contributed by atoms with Crippen LogP contribution in [0.15, 0.2) is 72.8 Å². The van der Waals surface area contributed by atoms with Gasteiger partial charge in [-0.15, -0.1) is 34.0 Å². The molecule has 0 N–H and O–H groups in total. The lowest BCUT2D eigenvalue weighted by molar-refractivity contribution is 1.67. The zero-order valence-corrected chi connectivity index (χ0v) is 16.9. The van der Waals surface area contributed by atoms with Gasteiger partial charge in [0.25, 0.3) is 0 Å². The maximum Gasteiger partial charge on any atom is 0.0892 e. The first-order valence-corrected chi connectivity index (χ1v) is 11.2. The molecule has 0 aliphatic rings. The van der Waals surface area contributed by atoms with Crippen LogP contribution in [0.3, 0.4) is 0 Å². The zero-order valence-electron chi connectivity index (χ0n) is 14.5. The quantitative estimate of drug-likeness (QED) is 0.283. The molecule has 3 heterocycles. The number of rotatable bonds is 4. The topological polar surface area (TPSA) is 0 Å². The number of benzene rings is 2. The second-order valence-corrected chi connectivity index (χ2v) is 9.99. The molecular weight excluding hydrogens is 384 g/mol. The van der Waals surface area contributed by atoms with Crippen LogP contribution >= 0.6 is 34.0 Å². The minimum atomic E-state index is 1.24. The molecule has 0 aliphatic heterocycles. The Morgan fingerprint density at radius 1 is 0.481 bits per heavy atom. The summed E-state index contributed by atoms with van der Waals surface area (Å²) in [5.41, 5.74) is 2.48. The van der Waals surface area contributed by atoms with Crippen LogP contribution in [0.25, 0.3) is 43.1 Å². The lowest BCUT2D eigenvalue weighted by atomic mass is 10.2. The van der Waals surface area contributed by atoms with Gasteiger partial charge in [-0.2, -0.15) is 0 Å². The Kier molecular flexibility index (Phi) is 4.50. The molecule has 0 amide bonds. The van der Waals surface area contributed by atoms with E-state index in [1.807, 2.05) is 34.0 Å². The van der Waals surface area contributed by atoms with Crippen molar-refractivity contribution in [2.45, 2.75) is 0 Å². The van der Waals surface area contributed by atoms with E-state index in [2.05, 4.69) is 97.1 Å². The van der Waals surface area contributed by atoms with Gasteiger partial charge in [-0.05, 0) is 35.4 Å². The lowest BCUT2D eigenvalue weighted by Crippen LogP contribution is -1.67. The van der Waals surface area contributed by atoms with Crippen LogP contribution in [-0.4, -0.2) is 0 Å². The van der Waals surface area contributed by atoms with Gasteiger partial charge in [-0.1, -0.05) is 72.8 Å². The van der Waals surface area contributed by atoms with Crippen molar-refractivity contribution >= 4 is 77.1 Å². The van der Waals surface area contributed by atoms with E-state index in [4.69, 9.17) is 0 Å². The van der Waals surface area contributed by atoms with Crippen LogP contribution in [0.4, 0.5) is 0 Å². The molecule has 0 saturated heterocycles. The summed E-state index contributed by atoms with van der Waals surface area (Å²) in [4.78, 5) is 2.63. The van der Waals surface area contributed by atoms with E-state index in [0.717, 1.165) is 0 Å². The normalized spacial score (nSPS) is 12.1. The van der Waals surface area contributed by atoms with Crippen LogP contribution in [-0.2, 0) is 0 Å². The van der Waals surface area contributed by atoms with E-state index >= 15 is 0 Å². The first-order chi connectivity index (χ1) is 13.3. The molecule has 27 heavy (non-hydrogen) atoms. The summed E-state index contributed by atoms with van der Waals surface area (Å²) in [6, 6.07) is 25.6. The Labute approximate surface area is 170 Å². The molecule has 0 saturated carbocycles. The van der Waals surface area contributed by atoms with Crippen molar-refractivity contribution in [3.8, 4) is 0 Å². The molecule has 3 heteroatoms. The van der Waals surface area contributed by atoms with Crippen LogP contribution in [0, 0.1) is 0 Å². The van der Waals surface area contributed by atoms with Crippen LogP contribution in [0.5, 0.6) is 0 Å². The lowest BCUT2D eigenvalue weighted by Gasteiger charge is -1.89. The minimum absolute atomic E-state index is 1.24. The summed E-state index contributed by atoms with van der Waals surface area (Å²) in [6.45, 7) is 0. The molecule has 5 aromatic rings. The SMILES string of the molecule is C(=C\c1cc2c(s1)sc1sc(/C=C/c3ccccc3)cc12)/c1ccccc1. The van der Waals surface area contributed by atoms with Crippen LogP contribution < -0.4 is 0 Å². The average molecular weight is 401 g/mol. The third-order valence-electron chi connectivity index (χ3n) is 4.39. The fourth-order valence-corrected chi connectivity index (χ4v) is 6.95. The van der Waals surface area contributed by atoms with Gasteiger partial charge in [0.2, 0.25) is 0 Å². The highest BCUT2D eigenvalue weighted by molar-refractivity contribution is 7.49. The fourth-order valence-electron chi connectivity index (χ4n) is 3.05. The smallest absolute Gasteiger partial charge is 0.0892 e. The standard InChI is InChI=1S/C24H16S3/c1-3-7-17(8-4-1)11-13-19-15-21-22-16-20(26-24(22)27-23(21)25-19)14-12-18-9-5-2-6-10-18/h1-16H/b13-11+,14-12+. The van der Waals surface area contributed by atoms with Gasteiger partial charge >= 0.3 is 0 Å². The fraction of sp³-hybridized carbons (Fsp3) is 0. The molecule has 0 radical (unpaired) electrons. The van der Waals surface area contributed by atoms with E-state index in [9.17, 15) is 0 Å². The largest absolute Gasteiger partial charge is 0.125 e. The Morgan fingerprint density at radius 2 is 0.926 bits per heavy atom. The molecular formula is C24H16S3. The number of thiophene rings is 3. The summed E-state index contributed by atoms with van der Waals surface area (Å²) in [7, 11) is 0. The van der Waals surface area contributed by atoms with Gasteiger partial charge in [0, 0.05) is 20.5 Å². The van der Waals surface area contributed by atoms with Crippen molar-refractivity contribution in [3.63, 3.8) is 0 Å². The van der Waals surface area contributed by atoms with Crippen molar-refractivity contribution in [2.75, 3.05) is 0 Å². The molecule has 0 nitrogen and oxygen atoms in total. The second kappa shape index (κ2) is 7.28. The molecule has 0 aliphatic carbocycles. The van der Waals surface area contributed by atoms with Crippen molar-refractivity contribution in [1.82, 2.24) is 0 Å². The third-order valence-corrected chi connectivity index (χ3v) is 7.99. The molecule has 2 aromatic carbocycles. The van der Waals surface area contributed by atoms with E-state index in [1.165, 1.54) is 39.7 Å². The highest BCUT2D eigenvalue weighted by Gasteiger charge is 2.11. The molecule has 3 aromatic heterocycles. The van der Waals surface area contributed by atoms with Crippen molar-refractivity contribution < 1.29 is 0 Å². The Bertz CT molecular complexity index is 1150. The minimum Gasteiger partial charge on any atom is -0.125 e. The maximum atomic E-state index is 2.33. The molecule has 0 unspecified atom stereocenters. The maximum absolute atomic E-state index is 2.33. The van der Waals surface area contributed by atoms with Gasteiger partial charge in [-0.3, -0.25) is 0 Å². The summed E-state index contributed by atoms with van der Waals surface area (Å²) >= 11 is 5.68. The number of fused-ring (bicyclic) bond motifs is 3. The molecule has 0 spiro atoms. The van der Waals surface area contributed by atoms with Crippen LogP contribution in [0.2, 0.25) is 0 Å². The summed E-state index contributed by atoms with van der Waals surface area (Å²) in [5.74, 6) is 0. The zero-order chi connectivity index (χ0) is 18.1. The van der Waals surface area contributed by atoms with Gasteiger partial charge in [0.1, 0.15) is 0 Å². The average Bonchev–Trinajstić information content (AvgIpc) is 3.37. The van der Waals surface area contributed by atoms with Gasteiger partial charge in [-0.25, -0.2) is 0 Å². The van der Waals surface area contributed by atoms with Gasteiger partial charge in [0.05, 0.1) is 8.03 Å². The Morgan fingerprint density at radius 3 is 1.37 bits per heavy atom. The predicted octanol–water partition coefficient (Wildman–Crippen LogP) is 8.52. The first kappa shape index (κ1) is 16.7. The summed E-state index contributed by atoms with van der Waals surface area (Å²) in [5, 5.41) is 2.78. The predicted molar refractivity (Wildman–Crippen MR) is 126 cm³/mol. The molecule has 130 valence electrons. The number of hydrogen-bond donors (Lipinski definition) is 0. The third kappa shape index (κ3) is 3.54. The van der Waals surface area contributed by atoms with E-state index in [1.54, 1.807) is 0 Å². The highest BCUT2D eigenvalue weighted by atomic mass is 32.2. The van der Waals surface area contributed by atoms with Crippen LogP contribution in [0.1, 0.15) is 20.9 Å². The van der Waals surface area contributed by atoms with Gasteiger partial charge in [0.15, 0.2) is 0 Å². The Hall–Kier alpha value is -2.46. The summed E-state index contributed by atoms with van der Waals surface area (Å²) < 4.78 is 2.84. The molecule has 0 atom stereocenters. The summed E-state index contributed by atoms with van der Waals surface area (Å²) in [6.07, 6.45) is 8.82. The number of hydrogen-bond acceptors (Lipinski definition) is 3. The Balaban J connectivity index is 1.44. The molecule has 5 rings (SSSR count). The monoisotopic (exact) mass is 400 g/mol. The molecule has 0 bridgehead atoms. The van der Waals surface area contributed by atoms with Crippen molar-refractivity contribution in [1.29, 1.82) is 0 Å². The second-order valence-electron chi connectivity index (χ2n) is 6.29. The van der Waals surface area contributed by atoms with Crippen molar-refractivity contribution in [3.05, 3.63) is 93.7 Å². The van der Waals surface area contributed by atoms with Gasteiger partial charge < -0.3 is 0 Å². The highest BCUT2D eigenvalue weighted by Crippen LogP contribution is 2.44. The van der Waals surface area contributed by atoms with Crippen molar-refractivity contribution in [2.24, 2.45) is 0 Å².